The van der Waals surface area contributed by atoms with Crippen molar-refractivity contribution in [2.24, 2.45) is 4.99 Å². The standard InChI is InChI=1S/C18H25ClFN5.HI/c1-4-21-18(23-12-15-6-7-17(20)16(19)11-15)22-8-5-9-25-14(3)10-13(2)24-25;/h6-7,10-11H,4-5,8-9,12H2,1-3H3,(H2,21,22,23);1H. The molecule has 0 spiro atoms. The van der Waals surface area contributed by atoms with Gasteiger partial charge in [0, 0.05) is 25.3 Å². The predicted molar refractivity (Wildman–Crippen MR) is 116 cm³/mol. The fourth-order valence-corrected chi connectivity index (χ4v) is 2.69. The SMILES string of the molecule is CCNC(=NCc1ccc(F)c(Cl)c1)NCCCn1nc(C)cc1C.I. The van der Waals surface area contributed by atoms with Crippen molar-refractivity contribution in [3.63, 3.8) is 0 Å². The van der Waals surface area contributed by atoms with Gasteiger partial charge in [-0.05, 0) is 51.0 Å². The number of aromatic nitrogens is 2. The molecule has 26 heavy (non-hydrogen) atoms. The molecule has 0 bridgehead atoms. The first-order chi connectivity index (χ1) is 12.0. The molecule has 2 N–H and O–H groups in total. The van der Waals surface area contributed by atoms with Gasteiger partial charge in [0.25, 0.3) is 0 Å². The Bertz CT molecular complexity index is 732. The molecule has 0 amide bonds. The van der Waals surface area contributed by atoms with Crippen molar-refractivity contribution in [1.29, 1.82) is 0 Å². The highest BCUT2D eigenvalue weighted by Gasteiger charge is 2.03. The van der Waals surface area contributed by atoms with Gasteiger partial charge in [0.05, 0.1) is 17.3 Å². The van der Waals surface area contributed by atoms with E-state index in [2.05, 4.69) is 33.7 Å². The number of hydrogen-bond donors (Lipinski definition) is 2. The van der Waals surface area contributed by atoms with E-state index in [4.69, 9.17) is 11.6 Å². The zero-order chi connectivity index (χ0) is 18.2. The molecule has 1 aromatic heterocycles. The van der Waals surface area contributed by atoms with E-state index in [1.54, 1.807) is 12.1 Å². The summed E-state index contributed by atoms with van der Waals surface area (Å²) in [5, 5.41) is 11.1. The van der Waals surface area contributed by atoms with Gasteiger partial charge in [0.1, 0.15) is 5.82 Å². The Kier molecular flexibility index (Phi) is 9.93. The van der Waals surface area contributed by atoms with Gasteiger partial charge < -0.3 is 10.6 Å². The minimum Gasteiger partial charge on any atom is -0.357 e. The van der Waals surface area contributed by atoms with Crippen molar-refractivity contribution in [3.05, 3.63) is 52.1 Å². The summed E-state index contributed by atoms with van der Waals surface area (Å²) in [6, 6.07) is 6.73. The van der Waals surface area contributed by atoms with Gasteiger partial charge in [0.15, 0.2) is 5.96 Å². The molecule has 8 heteroatoms. The van der Waals surface area contributed by atoms with E-state index >= 15 is 0 Å². The van der Waals surface area contributed by atoms with Gasteiger partial charge in [-0.3, -0.25) is 4.68 Å². The fraction of sp³-hybridized carbons (Fsp3) is 0.444. The average molecular weight is 494 g/mol. The number of nitrogens with zero attached hydrogens (tertiary/aromatic N) is 3. The normalized spacial score (nSPS) is 11.2. The van der Waals surface area contributed by atoms with Crippen LogP contribution in [0.5, 0.6) is 0 Å². The van der Waals surface area contributed by atoms with Crippen molar-refractivity contribution in [3.8, 4) is 0 Å². The van der Waals surface area contributed by atoms with E-state index in [1.807, 2.05) is 18.5 Å². The number of benzene rings is 1. The maximum Gasteiger partial charge on any atom is 0.191 e. The molecule has 2 rings (SSSR count). The summed E-state index contributed by atoms with van der Waals surface area (Å²) in [5.41, 5.74) is 3.08. The Hall–Kier alpha value is -1.35. The van der Waals surface area contributed by atoms with Gasteiger partial charge >= 0.3 is 0 Å². The summed E-state index contributed by atoms with van der Waals surface area (Å²) in [4.78, 5) is 4.51. The second kappa shape index (κ2) is 11.4. The Labute approximate surface area is 176 Å². The van der Waals surface area contributed by atoms with Gasteiger partial charge in [0.2, 0.25) is 0 Å². The van der Waals surface area contributed by atoms with E-state index in [9.17, 15) is 4.39 Å². The van der Waals surface area contributed by atoms with Crippen molar-refractivity contribution < 1.29 is 4.39 Å². The first-order valence-corrected chi connectivity index (χ1v) is 8.84. The molecule has 0 radical (unpaired) electrons. The second-order valence-corrected chi connectivity index (χ2v) is 6.28. The summed E-state index contributed by atoms with van der Waals surface area (Å²) >= 11 is 5.80. The Balaban J connectivity index is 0.00000338. The van der Waals surface area contributed by atoms with Gasteiger partial charge in [-0.15, -0.1) is 24.0 Å². The molecule has 2 aromatic rings. The smallest absolute Gasteiger partial charge is 0.191 e. The van der Waals surface area contributed by atoms with Crippen LogP contribution < -0.4 is 10.6 Å². The molecule has 0 aliphatic heterocycles. The Morgan fingerprint density at radius 1 is 1.27 bits per heavy atom. The topological polar surface area (TPSA) is 54.2 Å². The van der Waals surface area contributed by atoms with Gasteiger partial charge in [-0.1, -0.05) is 17.7 Å². The Morgan fingerprint density at radius 2 is 2.04 bits per heavy atom. The largest absolute Gasteiger partial charge is 0.357 e. The number of rotatable bonds is 7. The van der Waals surface area contributed by atoms with E-state index in [0.717, 1.165) is 43.3 Å². The van der Waals surface area contributed by atoms with Crippen LogP contribution in [0, 0.1) is 19.7 Å². The molecule has 0 unspecified atom stereocenters. The van der Waals surface area contributed by atoms with E-state index in [-0.39, 0.29) is 29.0 Å². The summed E-state index contributed by atoms with van der Waals surface area (Å²) in [6.45, 7) is 8.93. The third kappa shape index (κ3) is 7.11. The van der Waals surface area contributed by atoms with E-state index in [0.29, 0.717) is 6.54 Å². The minimum absolute atomic E-state index is 0. The molecule has 1 heterocycles. The molecule has 5 nitrogen and oxygen atoms in total. The van der Waals surface area contributed by atoms with E-state index in [1.165, 1.54) is 11.8 Å². The van der Waals surface area contributed by atoms with Gasteiger partial charge in [-0.2, -0.15) is 5.10 Å². The highest BCUT2D eigenvalue weighted by atomic mass is 127. The molecule has 0 saturated heterocycles. The first kappa shape index (κ1) is 22.7. The third-order valence-corrected chi connectivity index (χ3v) is 3.98. The van der Waals surface area contributed by atoms with Crippen LogP contribution in [0.3, 0.4) is 0 Å². The predicted octanol–water partition coefficient (Wildman–Crippen LogP) is 4.06. The van der Waals surface area contributed by atoms with Crippen molar-refractivity contribution in [2.75, 3.05) is 13.1 Å². The lowest BCUT2D eigenvalue weighted by Crippen LogP contribution is -2.38. The van der Waals surface area contributed by atoms with Crippen molar-refractivity contribution >= 4 is 41.5 Å². The van der Waals surface area contributed by atoms with Gasteiger partial charge in [-0.25, -0.2) is 9.38 Å². The molecule has 0 saturated carbocycles. The lowest BCUT2D eigenvalue weighted by atomic mass is 10.2. The van der Waals surface area contributed by atoms with E-state index < -0.39 is 5.82 Å². The summed E-state index contributed by atoms with van der Waals surface area (Å²) in [5.74, 6) is 0.319. The number of aliphatic imine (C=N–C) groups is 1. The molecule has 0 fully saturated rings. The molecule has 1 aromatic carbocycles. The zero-order valence-electron chi connectivity index (χ0n) is 15.4. The van der Waals surface area contributed by atoms with Crippen LogP contribution in [0.25, 0.3) is 0 Å². The fourth-order valence-electron chi connectivity index (χ4n) is 2.49. The first-order valence-electron chi connectivity index (χ1n) is 8.46. The maximum absolute atomic E-state index is 13.2. The maximum atomic E-state index is 13.2. The van der Waals surface area contributed by atoms with Crippen LogP contribution in [-0.2, 0) is 13.1 Å². The quantitative estimate of drug-likeness (QED) is 0.265. The summed E-state index contributed by atoms with van der Waals surface area (Å²) in [7, 11) is 0. The molecular formula is C18H26ClFIN5. The highest BCUT2D eigenvalue weighted by Crippen LogP contribution is 2.16. The number of halogens is 3. The van der Waals surface area contributed by atoms with Crippen molar-refractivity contribution in [1.82, 2.24) is 20.4 Å². The third-order valence-electron chi connectivity index (χ3n) is 3.69. The lowest BCUT2D eigenvalue weighted by molar-refractivity contribution is 0.555. The van der Waals surface area contributed by atoms with Crippen LogP contribution in [0.2, 0.25) is 5.02 Å². The van der Waals surface area contributed by atoms with Crippen LogP contribution in [0.1, 0.15) is 30.3 Å². The lowest BCUT2D eigenvalue weighted by Gasteiger charge is -2.12. The second-order valence-electron chi connectivity index (χ2n) is 5.87. The Morgan fingerprint density at radius 3 is 2.65 bits per heavy atom. The van der Waals surface area contributed by atoms with Crippen molar-refractivity contribution in [2.45, 2.75) is 40.3 Å². The average Bonchev–Trinajstić information content (AvgIpc) is 2.89. The molecule has 0 atom stereocenters. The number of hydrogen-bond acceptors (Lipinski definition) is 2. The molecule has 144 valence electrons. The number of aryl methyl sites for hydroxylation is 3. The zero-order valence-corrected chi connectivity index (χ0v) is 18.4. The summed E-state index contributed by atoms with van der Waals surface area (Å²) < 4.78 is 15.2. The highest BCUT2D eigenvalue weighted by molar-refractivity contribution is 14.0. The minimum atomic E-state index is -0.413. The van der Waals surface area contributed by atoms with Crippen LogP contribution in [-0.4, -0.2) is 28.8 Å². The molecule has 0 aliphatic carbocycles. The molecule has 0 aliphatic rings. The number of nitrogens with one attached hydrogen (secondary N) is 2. The monoisotopic (exact) mass is 493 g/mol. The molecular weight excluding hydrogens is 468 g/mol. The summed E-state index contributed by atoms with van der Waals surface area (Å²) in [6.07, 6.45) is 0.939. The van der Waals surface area contributed by atoms with Crippen LogP contribution in [0.4, 0.5) is 4.39 Å². The van der Waals surface area contributed by atoms with Crippen LogP contribution in [0.15, 0.2) is 29.3 Å². The van der Waals surface area contributed by atoms with Crippen LogP contribution >= 0.6 is 35.6 Å². The number of guanidine groups is 1.